The van der Waals surface area contributed by atoms with E-state index in [1.807, 2.05) is 12.1 Å². The molecule has 0 saturated carbocycles. The van der Waals surface area contributed by atoms with Crippen LogP contribution in [0.5, 0.6) is 5.75 Å². The molecule has 27 heavy (non-hydrogen) atoms. The van der Waals surface area contributed by atoms with E-state index in [4.69, 9.17) is 4.74 Å². The van der Waals surface area contributed by atoms with Crippen molar-refractivity contribution in [3.8, 4) is 5.75 Å². The summed E-state index contributed by atoms with van der Waals surface area (Å²) >= 11 is 0. The van der Waals surface area contributed by atoms with Crippen LogP contribution in [0.15, 0.2) is 59.5 Å². The Morgan fingerprint density at radius 3 is 2.48 bits per heavy atom. The minimum atomic E-state index is -3.46. The number of ether oxygens (including phenoxy) is 1. The maximum absolute atomic E-state index is 12.6. The lowest BCUT2D eigenvalue weighted by Crippen LogP contribution is -3.15. The number of benzene rings is 2. The van der Waals surface area contributed by atoms with E-state index in [-0.39, 0.29) is 5.91 Å². The largest absolute Gasteiger partial charge is 0.497 e. The van der Waals surface area contributed by atoms with Gasteiger partial charge in [0.2, 0.25) is 10.0 Å². The molecule has 0 aliphatic carbocycles. The molecule has 0 radical (unpaired) electrons. The molecule has 3 rings (SSSR count). The highest BCUT2D eigenvalue weighted by Crippen LogP contribution is 2.16. The Hall–Kier alpha value is -2.42. The van der Waals surface area contributed by atoms with Crippen molar-refractivity contribution in [2.45, 2.75) is 4.90 Å². The molecule has 7 nitrogen and oxygen atoms in total. The molecule has 1 amide bonds. The molecule has 1 fully saturated rings. The van der Waals surface area contributed by atoms with Crippen molar-refractivity contribution in [3.05, 3.63) is 54.6 Å². The van der Waals surface area contributed by atoms with Crippen LogP contribution in [0, 0.1) is 0 Å². The van der Waals surface area contributed by atoms with Crippen LogP contribution >= 0.6 is 0 Å². The quantitative estimate of drug-likeness (QED) is 0.740. The molecule has 0 atom stereocenters. The zero-order valence-electron chi connectivity index (χ0n) is 15.2. The van der Waals surface area contributed by atoms with Gasteiger partial charge in [-0.1, -0.05) is 24.3 Å². The van der Waals surface area contributed by atoms with E-state index in [9.17, 15) is 13.2 Å². The van der Waals surface area contributed by atoms with Gasteiger partial charge in [0.25, 0.3) is 5.91 Å². The summed E-state index contributed by atoms with van der Waals surface area (Å²) in [6.07, 6.45) is 0. The molecule has 0 unspecified atom stereocenters. The van der Waals surface area contributed by atoms with Gasteiger partial charge in [0.15, 0.2) is 6.54 Å². The number of anilines is 1. The molecule has 2 N–H and O–H groups in total. The van der Waals surface area contributed by atoms with E-state index >= 15 is 0 Å². The van der Waals surface area contributed by atoms with Crippen LogP contribution in [0.2, 0.25) is 0 Å². The summed E-state index contributed by atoms with van der Waals surface area (Å²) in [5.41, 5.74) is 0.684. The number of nitrogens with one attached hydrogen (secondary N) is 2. The highest BCUT2D eigenvalue weighted by atomic mass is 32.2. The number of methoxy groups -OCH3 is 1. The first-order valence-electron chi connectivity index (χ1n) is 8.82. The van der Waals surface area contributed by atoms with Crippen molar-refractivity contribution in [3.63, 3.8) is 0 Å². The fraction of sp³-hybridized carbons (Fsp3) is 0.316. The summed E-state index contributed by atoms with van der Waals surface area (Å²) in [5, 5.41) is 2.86. The van der Waals surface area contributed by atoms with Gasteiger partial charge in [0.1, 0.15) is 5.75 Å². The van der Waals surface area contributed by atoms with Crippen molar-refractivity contribution >= 4 is 21.6 Å². The summed E-state index contributed by atoms with van der Waals surface area (Å²) in [6.45, 7) is 2.30. The van der Waals surface area contributed by atoms with Crippen LogP contribution < -0.4 is 15.0 Å². The molecule has 2 aromatic rings. The molecular formula is C19H24N3O4S+. The van der Waals surface area contributed by atoms with Crippen molar-refractivity contribution in [2.24, 2.45) is 0 Å². The number of rotatable bonds is 6. The molecule has 2 aromatic carbocycles. The van der Waals surface area contributed by atoms with Crippen LogP contribution in [-0.4, -0.2) is 58.5 Å². The second kappa shape index (κ2) is 8.51. The van der Waals surface area contributed by atoms with E-state index in [1.54, 1.807) is 49.6 Å². The summed E-state index contributed by atoms with van der Waals surface area (Å²) in [6, 6.07) is 15.6. The molecule has 8 heteroatoms. The number of nitrogens with zero attached hydrogens (tertiary/aromatic N) is 1. The molecular weight excluding hydrogens is 366 g/mol. The fourth-order valence-corrected chi connectivity index (χ4v) is 4.56. The summed E-state index contributed by atoms with van der Waals surface area (Å²) in [5.74, 6) is 0.581. The summed E-state index contributed by atoms with van der Waals surface area (Å²) < 4.78 is 31.9. The zero-order chi connectivity index (χ0) is 19.3. The first-order chi connectivity index (χ1) is 13.0. The van der Waals surface area contributed by atoms with Gasteiger partial charge >= 0.3 is 0 Å². The standard InChI is InChI=1S/C19H23N3O4S/c1-26-17-7-5-6-16(14-17)20-19(23)15-21-10-12-22(13-11-21)27(24,25)18-8-3-2-4-9-18/h2-9,14H,10-13,15H2,1H3,(H,20,23)/p+1. The lowest BCUT2D eigenvalue weighted by molar-refractivity contribution is -0.895. The maximum atomic E-state index is 12.6. The third-order valence-corrected chi connectivity index (χ3v) is 6.49. The Morgan fingerprint density at radius 1 is 1.11 bits per heavy atom. The fourth-order valence-electron chi connectivity index (χ4n) is 3.09. The lowest BCUT2D eigenvalue weighted by Gasteiger charge is -2.31. The lowest BCUT2D eigenvalue weighted by atomic mass is 10.3. The predicted octanol–water partition coefficient (Wildman–Crippen LogP) is 0.223. The van der Waals surface area contributed by atoms with E-state index in [0.717, 1.165) is 4.90 Å². The van der Waals surface area contributed by atoms with Gasteiger partial charge in [-0.2, -0.15) is 4.31 Å². The van der Waals surface area contributed by atoms with E-state index < -0.39 is 10.0 Å². The Balaban J connectivity index is 1.52. The number of carbonyl (C=O) groups is 1. The molecule has 1 saturated heterocycles. The van der Waals surface area contributed by atoms with Crippen molar-refractivity contribution in [1.82, 2.24) is 4.31 Å². The Kier molecular flexibility index (Phi) is 6.10. The first kappa shape index (κ1) is 19.3. The molecule has 1 aliphatic heterocycles. The number of hydrogen-bond acceptors (Lipinski definition) is 4. The maximum Gasteiger partial charge on any atom is 0.279 e. The van der Waals surface area contributed by atoms with Gasteiger partial charge in [-0.05, 0) is 24.3 Å². The van der Waals surface area contributed by atoms with E-state index in [0.29, 0.717) is 49.1 Å². The second-order valence-electron chi connectivity index (χ2n) is 6.42. The van der Waals surface area contributed by atoms with Gasteiger partial charge in [0, 0.05) is 11.8 Å². The third-order valence-electron chi connectivity index (χ3n) is 4.57. The van der Waals surface area contributed by atoms with E-state index in [2.05, 4.69) is 5.32 Å². The molecule has 0 aromatic heterocycles. The minimum Gasteiger partial charge on any atom is -0.497 e. The molecule has 0 spiro atoms. The predicted molar refractivity (Wildman–Crippen MR) is 102 cm³/mol. The Morgan fingerprint density at radius 2 is 1.81 bits per heavy atom. The topological polar surface area (TPSA) is 80.2 Å². The highest BCUT2D eigenvalue weighted by molar-refractivity contribution is 7.89. The van der Waals surface area contributed by atoms with Gasteiger partial charge in [-0.3, -0.25) is 4.79 Å². The summed E-state index contributed by atoms with van der Waals surface area (Å²) in [7, 11) is -1.89. The second-order valence-corrected chi connectivity index (χ2v) is 8.36. The van der Waals surface area contributed by atoms with E-state index in [1.165, 1.54) is 4.31 Å². The number of piperazine rings is 1. The number of hydrogen-bond donors (Lipinski definition) is 2. The van der Waals surface area contributed by atoms with Crippen LogP contribution in [0.25, 0.3) is 0 Å². The van der Waals surface area contributed by atoms with Crippen LogP contribution in [0.4, 0.5) is 5.69 Å². The molecule has 1 heterocycles. The zero-order valence-corrected chi connectivity index (χ0v) is 16.0. The van der Waals surface area contributed by atoms with Gasteiger partial charge in [-0.15, -0.1) is 0 Å². The number of amides is 1. The van der Waals surface area contributed by atoms with Crippen molar-refractivity contribution < 1.29 is 22.8 Å². The average Bonchev–Trinajstić information content (AvgIpc) is 2.69. The van der Waals surface area contributed by atoms with Gasteiger partial charge in [0.05, 0.1) is 38.2 Å². The van der Waals surface area contributed by atoms with Crippen LogP contribution in [0.3, 0.4) is 0 Å². The monoisotopic (exact) mass is 390 g/mol. The SMILES string of the molecule is COc1cccc(NC(=O)C[NH+]2CCN(S(=O)(=O)c3ccccc3)CC2)c1. The van der Waals surface area contributed by atoms with Crippen LogP contribution in [0.1, 0.15) is 0 Å². The molecule has 1 aliphatic rings. The normalized spacial score (nSPS) is 16.0. The van der Waals surface area contributed by atoms with Gasteiger partial charge < -0.3 is 15.0 Å². The molecule has 144 valence electrons. The number of quaternary nitrogens is 1. The Labute approximate surface area is 159 Å². The van der Waals surface area contributed by atoms with Crippen molar-refractivity contribution in [2.75, 3.05) is 45.2 Å². The average molecular weight is 390 g/mol. The number of carbonyl (C=O) groups excluding carboxylic acids is 1. The van der Waals surface area contributed by atoms with Crippen molar-refractivity contribution in [1.29, 1.82) is 0 Å². The number of sulfonamides is 1. The van der Waals surface area contributed by atoms with Gasteiger partial charge in [-0.25, -0.2) is 8.42 Å². The first-order valence-corrected chi connectivity index (χ1v) is 10.3. The smallest absolute Gasteiger partial charge is 0.279 e. The Bertz CT molecular complexity index is 879. The molecule has 0 bridgehead atoms. The highest BCUT2D eigenvalue weighted by Gasteiger charge is 2.30. The van der Waals surface area contributed by atoms with Crippen LogP contribution in [-0.2, 0) is 14.8 Å². The third kappa shape index (κ3) is 4.85. The minimum absolute atomic E-state index is 0.0994. The summed E-state index contributed by atoms with van der Waals surface area (Å²) in [4.78, 5) is 13.6.